The molecule has 20 heavy (non-hydrogen) atoms. The Balaban J connectivity index is 1.78. The second-order valence-electron chi connectivity index (χ2n) is 5.16. The van der Waals surface area contributed by atoms with Gasteiger partial charge in [0.2, 0.25) is 5.91 Å². The molecule has 1 N–H and O–H groups in total. The SMILES string of the molecule is O=C(Nc1cccc(F)c1)[C@@H]1[C@@H](C(=O)[O-])[C@H]2CC[C@@H]1O2. The van der Waals surface area contributed by atoms with E-state index in [1.165, 1.54) is 18.2 Å². The van der Waals surface area contributed by atoms with E-state index in [9.17, 15) is 19.1 Å². The number of hydrogen-bond acceptors (Lipinski definition) is 4. The van der Waals surface area contributed by atoms with E-state index < -0.39 is 41.7 Å². The summed E-state index contributed by atoms with van der Waals surface area (Å²) in [6.45, 7) is 0. The summed E-state index contributed by atoms with van der Waals surface area (Å²) in [5, 5.41) is 13.7. The maximum absolute atomic E-state index is 13.1. The molecular formula is C14H13FNO4-. The lowest BCUT2D eigenvalue weighted by Crippen LogP contribution is -2.46. The van der Waals surface area contributed by atoms with Crippen LogP contribution in [0.2, 0.25) is 0 Å². The van der Waals surface area contributed by atoms with Crippen molar-refractivity contribution in [3.8, 4) is 0 Å². The summed E-state index contributed by atoms with van der Waals surface area (Å²) < 4.78 is 18.6. The van der Waals surface area contributed by atoms with Crippen molar-refractivity contribution in [2.45, 2.75) is 25.0 Å². The van der Waals surface area contributed by atoms with Gasteiger partial charge in [0.1, 0.15) is 5.82 Å². The van der Waals surface area contributed by atoms with Crippen molar-refractivity contribution < 1.29 is 23.8 Å². The van der Waals surface area contributed by atoms with E-state index in [0.29, 0.717) is 18.5 Å². The van der Waals surface area contributed by atoms with Crippen molar-refractivity contribution in [2.24, 2.45) is 11.8 Å². The van der Waals surface area contributed by atoms with Gasteiger partial charge in [0, 0.05) is 17.6 Å². The van der Waals surface area contributed by atoms with E-state index in [-0.39, 0.29) is 0 Å². The molecule has 2 aliphatic heterocycles. The van der Waals surface area contributed by atoms with E-state index >= 15 is 0 Å². The molecule has 3 rings (SSSR count). The Labute approximate surface area is 114 Å². The number of carboxylic acid groups (broad SMARTS) is 1. The summed E-state index contributed by atoms with van der Waals surface area (Å²) in [6, 6.07) is 5.46. The van der Waals surface area contributed by atoms with Gasteiger partial charge >= 0.3 is 0 Å². The Hall–Kier alpha value is -1.95. The zero-order valence-electron chi connectivity index (χ0n) is 10.5. The molecule has 1 aromatic carbocycles. The fourth-order valence-corrected chi connectivity index (χ4v) is 3.10. The van der Waals surface area contributed by atoms with Crippen molar-refractivity contribution in [3.63, 3.8) is 0 Å². The Morgan fingerprint density at radius 1 is 1.25 bits per heavy atom. The zero-order valence-corrected chi connectivity index (χ0v) is 10.5. The van der Waals surface area contributed by atoms with Crippen LogP contribution in [0.4, 0.5) is 10.1 Å². The number of benzene rings is 1. The number of carbonyl (C=O) groups is 2. The number of hydrogen-bond donors (Lipinski definition) is 1. The highest BCUT2D eigenvalue weighted by Gasteiger charge is 2.52. The summed E-state index contributed by atoms with van der Waals surface area (Å²) in [4.78, 5) is 23.4. The molecule has 106 valence electrons. The van der Waals surface area contributed by atoms with Crippen LogP contribution in [0.5, 0.6) is 0 Å². The minimum absolute atomic E-state index is 0.301. The number of rotatable bonds is 3. The fourth-order valence-electron chi connectivity index (χ4n) is 3.10. The van der Waals surface area contributed by atoms with E-state index in [0.717, 1.165) is 0 Å². The van der Waals surface area contributed by atoms with Gasteiger partial charge in [0.15, 0.2) is 0 Å². The van der Waals surface area contributed by atoms with Gasteiger partial charge < -0.3 is 20.0 Å². The van der Waals surface area contributed by atoms with Crippen LogP contribution in [0.25, 0.3) is 0 Å². The predicted molar refractivity (Wildman–Crippen MR) is 64.9 cm³/mol. The van der Waals surface area contributed by atoms with Crippen LogP contribution in [0.1, 0.15) is 12.8 Å². The molecule has 0 aromatic heterocycles. The standard InChI is InChI=1S/C14H14FNO4/c15-7-2-1-3-8(6-7)16-13(17)11-9-4-5-10(20-9)12(11)14(18)19/h1-3,6,9-12H,4-5H2,(H,16,17)(H,18,19)/p-1/t9-,10+,11-,12-/m0/s1. The first-order valence-electron chi connectivity index (χ1n) is 6.49. The highest BCUT2D eigenvalue weighted by Crippen LogP contribution is 2.43. The molecule has 2 fully saturated rings. The van der Waals surface area contributed by atoms with E-state index in [1.807, 2.05) is 0 Å². The quantitative estimate of drug-likeness (QED) is 0.863. The summed E-state index contributed by atoms with van der Waals surface area (Å²) in [5.74, 6) is -3.90. The summed E-state index contributed by atoms with van der Waals surface area (Å²) >= 11 is 0. The second kappa shape index (κ2) is 4.86. The first-order valence-corrected chi connectivity index (χ1v) is 6.49. The Kier molecular flexibility index (Phi) is 3.17. The minimum Gasteiger partial charge on any atom is -0.550 e. The van der Waals surface area contributed by atoms with Crippen LogP contribution in [-0.4, -0.2) is 24.1 Å². The number of ether oxygens (including phenoxy) is 1. The zero-order chi connectivity index (χ0) is 14.3. The van der Waals surface area contributed by atoms with Crippen LogP contribution in [0.3, 0.4) is 0 Å². The van der Waals surface area contributed by atoms with Gasteiger partial charge in [-0.05, 0) is 31.0 Å². The van der Waals surface area contributed by atoms with E-state index in [1.54, 1.807) is 6.07 Å². The molecule has 2 aliphatic rings. The first-order chi connectivity index (χ1) is 9.56. The maximum atomic E-state index is 13.1. The molecule has 5 nitrogen and oxygen atoms in total. The molecule has 2 heterocycles. The molecule has 2 bridgehead atoms. The molecule has 0 aliphatic carbocycles. The predicted octanol–water partition coefficient (Wildman–Crippen LogP) is 0.308. The van der Waals surface area contributed by atoms with Crippen molar-refractivity contribution in [1.82, 2.24) is 0 Å². The molecule has 0 unspecified atom stereocenters. The van der Waals surface area contributed by atoms with Crippen molar-refractivity contribution in [3.05, 3.63) is 30.1 Å². The lowest BCUT2D eigenvalue weighted by molar-refractivity contribution is -0.313. The van der Waals surface area contributed by atoms with Gasteiger partial charge in [-0.2, -0.15) is 0 Å². The first kappa shape index (κ1) is 13.1. The van der Waals surface area contributed by atoms with Crippen LogP contribution in [-0.2, 0) is 14.3 Å². The number of aliphatic carboxylic acids is 1. The number of carboxylic acids is 1. The van der Waals surface area contributed by atoms with Gasteiger partial charge in [-0.1, -0.05) is 6.07 Å². The molecule has 1 amide bonds. The highest BCUT2D eigenvalue weighted by molar-refractivity contribution is 5.96. The Morgan fingerprint density at radius 3 is 2.60 bits per heavy atom. The van der Waals surface area contributed by atoms with Crippen molar-refractivity contribution in [1.29, 1.82) is 0 Å². The molecule has 6 heteroatoms. The third-order valence-electron chi connectivity index (χ3n) is 3.94. The lowest BCUT2D eigenvalue weighted by atomic mass is 9.78. The topological polar surface area (TPSA) is 78.5 Å². The number of fused-ring (bicyclic) bond motifs is 2. The highest BCUT2D eigenvalue weighted by atomic mass is 19.1. The smallest absolute Gasteiger partial charge is 0.230 e. The number of halogens is 1. The molecule has 4 atom stereocenters. The van der Waals surface area contributed by atoms with Crippen LogP contribution < -0.4 is 10.4 Å². The third kappa shape index (κ3) is 2.16. The number of carbonyl (C=O) groups excluding carboxylic acids is 2. The normalized spacial score (nSPS) is 31.2. The lowest BCUT2D eigenvalue weighted by Gasteiger charge is -2.27. The Bertz CT molecular complexity index is 562. The fraction of sp³-hybridized carbons (Fsp3) is 0.429. The minimum atomic E-state index is -1.27. The molecule has 0 radical (unpaired) electrons. The molecular weight excluding hydrogens is 265 g/mol. The summed E-state index contributed by atoms with van der Waals surface area (Å²) in [5.41, 5.74) is 0.301. The maximum Gasteiger partial charge on any atom is 0.230 e. The van der Waals surface area contributed by atoms with Gasteiger partial charge in [-0.3, -0.25) is 4.79 Å². The van der Waals surface area contributed by atoms with Gasteiger partial charge in [0.25, 0.3) is 0 Å². The molecule has 1 aromatic rings. The van der Waals surface area contributed by atoms with Crippen molar-refractivity contribution in [2.75, 3.05) is 5.32 Å². The number of amides is 1. The number of nitrogens with one attached hydrogen (secondary N) is 1. The molecule has 0 saturated carbocycles. The average Bonchev–Trinajstić information content (AvgIpc) is 2.98. The largest absolute Gasteiger partial charge is 0.550 e. The Morgan fingerprint density at radius 2 is 1.95 bits per heavy atom. The summed E-state index contributed by atoms with van der Waals surface area (Å²) in [6.07, 6.45) is 0.452. The van der Waals surface area contributed by atoms with Crippen molar-refractivity contribution >= 4 is 17.6 Å². The van der Waals surface area contributed by atoms with Crippen LogP contribution in [0.15, 0.2) is 24.3 Å². The van der Waals surface area contributed by atoms with Gasteiger partial charge in [-0.25, -0.2) is 4.39 Å². The van der Waals surface area contributed by atoms with Crippen LogP contribution in [0, 0.1) is 17.7 Å². The summed E-state index contributed by atoms with van der Waals surface area (Å²) in [7, 11) is 0. The number of anilines is 1. The average molecular weight is 278 g/mol. The second-order valence-corrected chi connectivity index (χ2v) is 5.16. The third-order valence-corrected chi connectivity index (χ3v) is 3.94. The molecule has 0 spiro atoms. The van der Waals surface area contributed by atoms with Gasteiger partial charge in [-0.15, -0.1) is 0 Å². The van der Waals surface area contributed by atoms with Gasteiger partial charge in [0.05, 0.1) is 18.1 Å². The monoisotopic (exact) mass is 278 g/mol. The van der Waals surface area contributed by atoms with Crippen LogP contribution >= 0.6 is 0 Å². The molecule has 2 saturated heterocycles. The van der Waals surface area contributed by atoms with E-state index in [2.05, 4.69) is 5.32 Å². The van der Waals surface area contributed by atoms with E-state index in [4.69, 9.17) is 4.74 Å².